The summed E-state index contributed by atoms with van der Waals surface area (Å²) in [6.07, 6.45) is 2.98. The second-order valence-corrected chi connectivity index (χ2v) is 4.60. The third kappa shape index (κ3) is 3.12. The molecule has 0 saturated carbocycles. The molecule has 86 valence electrons. The number of rotatable bonds is 3. The maximum Gasteiger partial charge on any atom is 0.187 e. The van der Waals surface area contributed by atoms with Crippen LogP contribution in [0.25, 0.3) is 6.08 Å². The Morgan fingerprint density at radius 2 is 2.18 bits per heavy atom. The number of ketones is 1. The lowest BCUT2D eigenvalue weighted by atomic mass is 10.1. The lowest BCUT2D eigenvalue weighted by Gasteiger charge is -1.99. The standard InChI is InChI=1S/C11H6Cl2N2OS/c12-7-1-3-10(13)9(5-7)11(16)4-2-8-6-17-15-14-8/h1-6H/b4-2+. The average molecular weight is 285 g/mol. The van der Waals surface area contributed by atoms with Crippen LogP contribution < -0.4 is 0 Å². The Morgan fingerprint density at radius 3 is 2.88 bits per heavy atom. The molecule has 6 heteroatoms. The van der Waals surface area contributed by atoms with Crippen LogP contribution in [0.4, 0.5) is 0 Å². The number of benzene rings is 1. The van der Waals surface area contributed by atoms with E-state index in [0.29, 0.717) is 21.3 Å². The first-order chi connectivity index (χ1) is 8.16. The number of hydrogen-bond donors (Lipinski definition) is 0. The van der Waals surface area contributed by atoms with E-state index in [4.69, 9.17) is 23.2 Å². The highest BCUT2D eigenvalue weighted by Crippen LogP contribution is 2.21. The fourth-order valence-electron chi connectivity index (χ4n) is 1.18. The zero-order valence-corrected chi connectivity index (χ0v) is 10.8. The van der Waals surface area contributed by atoms with Crippen LogP contribution in [0, 0.1) is 0 Å². The van der Waals surface area contributed by atoms with Crippen LogP contribution in [0.5, 0.6) is 0 Å². The van der Waals surface area contributed by atoms with Gasteiger partial charge < -0.3 is 0 Å². The van der Waals surface area contributed by atoms with Gasteiger partial charge >= 0.3 is 0 Å². The molecule has 0 aliphatic carbocycles. The fourth-order valence-corrected chi connectivity index (χ4v) is 1.99. The summed E-state index contributed by atoms with van der Waals surface area (Å²) < 4.78 is 3.69. The number of halogens is 2. The van der Waals surface area contributed by atoms with Gasteiger partial charge in [-0.2, -0.15) is 0 Å². The molecule has 2 aromatic rings. The molecule has 0 fully saturated rings. The van der Waals surface area contributed by atoms with Gasteiger partial charge in [-0.15, -0.1) is 5.10 Å². The van der Waals surface area contributed by atoms with Crippen molar-refractivity contribution in [2.45, 2.75) is 0 Å². The molecule has 1 heterocycles. The third-order valence-corrected chi connectivity index (χ3v) is 3.06. The minimum Gasteiger partial charge on any atom is -0.289 e. The van der Waals surface area contributed by atoms with Gasteiger partial charge in [-0.25, -0.2) is 0 Å². The van der Waals surface area contributed by atoms with E-state index in [1.807, 2.05) is 0 Å². The number of carbonyl (C=O) groups is 1. The molecule has 0 aliphatic rings. The molecule has 0 saturated heterocycles. The average Bonchev–Trinajstić information content (AvgIpc) is 2.82. The van der Waals surface area contributed by atoms with Crippen LogP contribution >= 0.6 is 34.7 Å². The van der Waals surface area contributed by atoms with E-state index < -0.39 is 0 Å². The first-order valence-corrected chi connectivity index (χ1v) is 6.20. The lowest BCUT2D eigenvalue weighted by Crippen LogP contribution is -1.95. The van der Waals surface area contributed by atoms with E-state index in [2.05, 4.69) is 9.59 Å². The smallest absolute Gasteiger partial charge is 0.187 e. The zero-order valence-electron chi connectivity index (χ0n) is 8.43. The Bertz CT molecular complexity index is 567. The van der Waals surface area contributed by atoms with Gasteiger partial charge in [-0.1, -0.05) is 27.7 Å². The van der Waals surface area contributed by atoms with Crippen molar-refractivity contribution in [3.8, 4) is 0 Å². The summed E-state index contributed by atoms with van der Waals surface area (Å²) in [5.41, 5.74) is 1.01. The van der Waals surface area contributed by atoms with Gasteiger partial charge in [0, 0.05) is 16.0 Å². The SMILES string of the molecule is O=C(/C=C/c1csnn1)c1cc(Cl)ccc1Cl. The van der Waals surface area contributed by atoms with Crippen LogP contribution in [0.2, 0.25) is 10.0 Å². The summed E-state index contributed by atoms with van der Waals surface area (Å²) in [5, 5.41) is 6.38. The predicted octanol–water partition coefficient (Wildman–Crippen LogP) is 3.74. The summed E-state index contributed by atoms with van der Waals surface area (Å²) in [6.45, 7) is 0. The van der Waals surface area contributed by atoms with Crippen LogP contribution in [-0.4, -0.2) is 15.4 Å². The van der Waals surface area contributed by atoms with Gasteiger partial charge in [0.1, 0.15) is 0 Å². The monoisotopic (exact) mass is 284 g/mol. The van der Waals surface area contributed by atoms with Crippen molar-refractivity contribution in [1.82, 2.24) is 9.59 Å². The highest BCUT2D eigenvalue weighted by Gasteiger charge is 2.08. The number of allylic oxidation sites excluding steroid dienone is 1. The fraction of sp³-hybridized carbons (Fsp3) is 0. The first kappa shape index (κ1) is 12.2. The van der Waals surface area contributed by atoms with Gasteiger partial charge in [0.25, 0.3) is 0 Å². The Morgan fingerprint density at radius 1 is 1.35 bits per heavy atom. The van der Waals surface area contributed by atoms with Crippen LogP contribution in [0.3, 0.4) is 0 Å². The molecule has 17 heavy (non-hydrogen) atoms. The first-order valence-electron chi connectivity index (χ1n) is 4.61. The maximum absolute atomic E-state index is 11.8. The van der Waals surface area contributed by atoms with Gasteiger partial charge in [0.2, 0.25) is 0 Å². The molecule has 3 nitrogen and oxygen atoms in total. The second kappa shape index (κ2) is 5.40. The van der Waals surface area contributed by atoms with Gasteiger partial charge in [-0.3, -0.25) is 4.79 Å². The summed E-state index contributed by atoms with van der Waals surface area (Å²) in [4.78, 5) is 11.8. The molecular weight excluding hydrogens is 279 g/mol. The summed E-state index contributed by atoms with van der Waals surface area (Å²) in [5.74, 6) is -0.217. The quantitative estimate of drug-likeness (QED) is 0.637. The molecule has 0 radical (unpaired) electrons. The minimum absolute atomic E-state index is 0.217. The number of aromatic nitrogens is 2. The van der Waals surface area contributed by atoms with Gasteiger partial charge in [0.15, 0.2) is 5.78 Å². The number of nitrogens with zero attached hydrogens (tertiary/aromatic N) is 2. The maximum atomic E-state index is 11.8. The minimum atomic E-state index is -0.217. The van der Waals surface area contributed by atoms with E-state index in [-0.39, 0.29) is 5.78 Å². The number of carbonyl (C=O) groups excluding carboxylic acids is 1. The van der Waals surface area contributed by atoms with E-state index in [1.54, 1.807) is 23.6 Å². The molecule has 0 N–H and O–H groups in total. The molecule has 2 rings (SSSR count). The van der Waals surface area contributed by atoms with Crippen molar-refractivity contribution in [2.24, 2.45) is 0 Å². The van der Waals surface area contributed by atoms with E-state index in [9.17, 15) is 4.79 Å². The van der Waals surface area contributed by atoms with Crippen LogP contribution in [0.1, 0.15) is 16.1 Å². The Labute approximate surface area is 112 Å². The second-order valence-electron chi connectivity index (χ2n) is 3.15. The predicted molar refractivity (Wildman–Crippen MR) is 69.7 cm³/mol. The molecule has 0 unspecified atom stereocenters. The summed E-state index contributed by atoms with van der Waals surface area (Å²) >= 11 is 12.9. The van der Waals surface area contributed by atoms with Crippen molar-refractivity contribution >= 4 is 46.6 Å². The highest BCUT2D eigenvalue weighted by molar-refractivity contribution is 7.03. The van der Waals surface area contributed by atoms with E-state index in [0.717, 1.165) is 0 Å². The topological polar surface area (TPSA) is 42.9 Å². The summed E-state index contributed by atoms with van der Waals surface area (Å²) in [6, 6.07) is 4.76. The molecule has 1 aromatic heterocycles. The van der Waals surface area contributed by atoms with Gasteiger partial charge in [-0.05, 0) is 41.9 Å². The largest absolute Gasteiger partial charge is 0.289 e. The Kier molecular flexibility index (Phi) is 3.89. The zero-order chi connectivity index (χ0) is 12.3. The van der Waals surface area contributed by atoms with Crippen molar-refractivity contribution < 1.29 is 4.79 Å². The van der Waals surface area contributed by atoms with Crippen LogP contribution in [-0.2, 0) is 0 Å². The van der Waals surface area contributed by atoms with E-state index >= 15 is 0 Å². The molecule has 0 spiro atoms. The Balaban J connectivity index is 2.23. The molecular formula is C11H6Cl2N2OS. The normalized spacial score (nSPS) is 10.9. The van der Waals surface area contributed by atoms with Crippen molar-refractivity contribution in [2.75, 3.05) is 0 Å². The molecule has 0 bridgehead atoms. The van der Waals surface area contributed by atoms with E-state index in [1.165, 1.54) is 23.7 Å². The molecule has 0 aliphatic heterocycles. The molecule has 0 atom stereocenters. The molecule has 1 aromatic carbocycles. The van der Waals surface area contributed by atoms with Crippen LogP contribution in [0.15, 0.2) is 29.7 Å². The summed E-state index contributed by atoms with van der Waals surface area (Å²) in [7, 11) is 0. The highest BCUT2D eigenvalue weighted by atomic mass is 35.5. The van der Waals surface area contributed by atoms with Gasteiger partial charge in [0.05, 0.1) is 10.7 Å². The van der Waals surface area contributed by atoms with Crippen molar-refractivity contribution in [3.63, 3.8) is 0 Å². The van der Waals surface area contributed by atoms with Crippen molar-refractivity contribution in [3.05, 3.63) is 51.0 Å². The number of hydrogen-bond acceptors (Lipinski definition) is 4. The third-order valence-electron chi connectivity index (χ3n) is 1.98. The Hall–Kier alpha value is -1.23. The van der Waals surface area contributed by atoms with Crippen molar-refractivity contribution in [1.29, 1.82) is 0 Å². The molecule has 0 amide bonds. The lowest BCUT2D eigenvalue weighted by molar-refractivity contribution is 0.104.